The van der Waals surface area contributed by atoms with E-state index in [1.54, 1.807) is 29.2 Å². The number of anilines is 2. The molecule has 0 saturated heterocycles. The lowest BCUT2D eigenvalue weighted by molar-refractivity contribution is 0.628. The molecule has 3 nitrogen and oxygen atoms in total. The van der Waals surface area contributed by atoms with E-state index in [-0.39, 0.29) is 5.82 Å². The Balaban J connectivity index is 1.53. The summed E-state index contributed by atoms with van der Waals surface area (Å²) in [6, 6.07) is 12.6. The Morgan fingerprint density at radius 3 is 2.80 bits per heavy atom. The van der Waals surface area contributed by atoms with Crippen molar-refractivity contribution >= 4 is 56.4 Å². The number of hydrogen-bond donors (Lipinski definition) is 1. The zero-order valence-electron chi connectivity index (χ0n) is 16.3. The van der Waals surface area contributed by atoms with Crippen molar-refractivity contribution in [3.63, 3.8) is 0 Å². The maximum absolute atomic E-state index is 13.9. The highest BCUT2D eigenvalue weighted by molar-refractivity contribution is 7.98. The van der Waals surface area contributed by atoms with Gasteiger partial charge in [0.05, 0.1) is 11.1 Å². The molecule has 0 amide bonds. The summed E-state index contributed by atoms with van der Waals surface area (Å²) in [4.78, 5) is 13.3. The van der Waals surface area contributed by atoms with Crippen molar-refractivity contribution in [1.82, 2.24) is 9.97 Å². The topological polar surface area (TPSA) is 37.8 Å². The molecule has 7 heteroatoms. The first-order valence-electron chi connectivity index (χ1n) is 9.79. The van der Waals surface area contributed by atoms with E-state index in [4.69, 9.17) is 21.6 Å². The van der Waals surface area contributed by atoms with E-state index < -0.39 is 0 Å². The summed E-state index contributed by atoms with van der Waals surface area (Å²) in [5.41, 5.74) is 3.07. The highest BCUT2D eigenvalue weighted by Crippen LogP contribution is 2.41. The van der Waals surface area contributed by atoms with E-state index in [0.29, 0.717) is 5.75 Å². The molecule has 0 saturated carbocycles. The Kier molecular flexibility index (Phi) is 5.39. The van der Waals surface area contributed by atoms with E-state index in [1.165, 1.54) is 29.0 Å². The summed E-state index contributed by atoms with van der Waals surface area (Å²) in [5.74, 6) is 1.93. The second-order valence-electron chi connectivity index (χ2n) is 7.35. The standard InChI is InChI=1S/C23H19ClFN3S2/c1-13-5-8-15(25)11-18(13)26-22-21-17-3-2-4-19(17)30-23(21)28-20(27-22)12-29-16-9-6-14(24)7-10-16/h5-11H,2-4,12H2,1H3,(H,26,27,28). The first-order chi connectivity index (χ1) is 14.6. The number of aryl methyl sites for hydroxylation is 3. The van der Waals surface area contributed by atoms with Gasteiger partial charge in [-0.1, -0.05) is 17.7 Å². The highest BCUT2D eigenvalue weighted by atomic mass is 35.5. The van der Waals surface area contributed by atoms with Gasteiger partial charge in [0.2, 0.25) is 0 Å². The number of aromatic nitrogens is 2. The van der Waals surface area contributed by atoms with Crippen molar-refractivity contribution < 1.29 is 4.39 Å². The summed E-state index contributed by atoms with van der Waals surface area (Å²) in [7, 11) is 0. The van der Waals surface area contributed by atoms with Crippen molar-refractivity contribution in [2.24, 2.45) is 0 Å². The number of benzene rings is 2. The molecule has 0 unspecified atom stereocenters. The molecular formula is C23H19ClFN3S2. The van der Waals surface area contributed by atoms with Crippen molar-refractivity contribution in [1.29, 1.82) is 0 Å². The molecule has 4 aromatic rings. The van der Waals surface area contributed by atoms with E-state index in [0.717, 1.165) is 55.9 Å². The molecule has 152 valence electrons. The third-order valence-corrected chi connectivity index (χ3v) is 7.69. The Morgan fingerprint density at radius 2 is 1.97 bits per heavy atom. The average molecular weight is 456 g/mol. The lowest BCUT2D eigenvalue weighted by Gasteiger charge is -2.12. The summed E-state index contributed by atoms with van der Waals surface area (Å²) >= 11 is 9.42. The van der Waals surface area contributed by atoms with Crippen LogP contribution in [0.15, 0.2) is 47.4 Å². The monoisotopic (exact) mass is 455 g/mol. The molecule has 1 aliphatic carbocycles. The average Bonchev–Trinajstić information content (AvgIpc) is 3.31. The van der Waals surface area contributed by atoms with Crippen LogP contribution in [0.5, 0.6) is 0 Å². The number of thiophene rings is 1. The minimum Gasteiger partial charge on any atom is -0.339 e. The van der Waals surface area contributed by atoms with Crippen molar-refractivity contribution in [2.45, 2.75) is 36.8 Å². The van der Waals surface area contributed by atoms with Crippen LogP contribution in [0.4, 0.5) is 15.9 Å². The SMILES string of the molecule is Cc1ccc(F)cc1Nc1nc(CSc2ccc(Cl)cc2)nc2sc3c(c12)CCC3. The Labute approximate surface area is 187 Å². The fraction of sp³-hybridized carbons (Fsp3) is 0.217. The first kappa shape index (κ1) is 19.8. The maximum atomic E-state index is 13.9. The lowest BCUT2D eigenvalue weighted by atomic mass is 10.1. The molecule has 1 aliphatic rings. The predicted octanol–water partition coefficient (Wildman–Crippen LogP) is 7.32. The number of halogens is 2. The van der Waals surface area contributed by atoms with Crippen LogP contribution in [0.1, 0.15) is 28.2 Å². The maximum Gasteiger partial charge on any atom is 0.143 e. The van der Waals surface area contributed by atoms with Crippen molar-refractivity contribution in [3.8, 4) is 0 Å². The van der Waals surface area contributed by atoms with Crippen LogP contribution < -0.4 is 5.32 Å². The highest BCUT2D eigenvalue weighted by Gasteiger charge is 2.23. The number of rotatable bonds is 5. The van der Waals surface area contributed by atoms with Gasteiger partial charge < -0.3 is 5.32 Å². The molecule has 30 heavy (non-hydrogen) atoms. The summed E-state index contributed by atoms with van der Waals surface area (Å²) in [5, 5.41) is 5.22. The van der Waals surface area contributed by atoms with E-state index in [9.17, 15) is 4.39 Å². The minimum absolute atomic E-state index is 0.262. The number of nitrogens with zero attached hydrogens (tertiary/aromatic N) is 2. The quantitative estimate of drug-likeness (QED) is 0.320. The number of thioether (sulfide) groups is 1. The van der Waals surface area contributed by atoms with Crippen LogP contribution in [-0.4, -0.2) is 9.97 Å². The van der Waals surface area contributed by atoms with Crippen LogP contribution >= 0.6 is 34.7 Å². The van der Waals surface area contributed by atoms with E-state index in [2.05, 4.69) is 5.32 Å². The van der Waals surface area contributed by atoms with Crippen LogP contribution in [-0.2, 0) is 18.6 Å². The van der Waals surface area contributed by atoms with Crippen LogP contribution in [0.3, 0.4) is 0 Å². The van der Waals surface area contributed by atoms with Crippen LogP contribution in [0.25, 0.3) is 10.2 Å². The second-order valence-corrected chi connectivity index (χ2v) is 9.92. The number of fused-ring (bicyclic) bond motifs is 3. The van der Waals surface area contributed by atoms with Gasteiger partial charge in [0.25, 0.3) is 0 Å². The number of nitrogens with one attached hydrogen (secondary N) is 1. The number of hydrogen-bond acceptors (Lipinski definition) is 5. The van der Waals surface area contributed by atoms with Gasteiger partial charge in [-0.2, -0.15) is 0 Å². The van der Waals surface area contributed by atoms with Gasteiger partial charge in [0.15, 0.2) is 0 Å². The van der Waals surface area contributed by atoms with Gasteiger partial charge in [-0.25, -0.2) is 14.4 Å². The molecule has 0 aliphatic heterocycles. The first-order valence-corrected chi connectivity index (χ1v) is 12.0. The zero-order chi connectivity index (χ0) is 20.7. The van der Waals surface area contributed by atoms with E-state index in [1.807, 2.05) is 31.2 Å². The molecule has 0 atom stereocenters. The minimum atomic E-state index is -0.262. The van der Waals surface area contributed by atoms with Gasteiger partial charge in [-0.05, 0) is 73.7 Å². The Morgan fingerprint density at radius 1 is 1.13 bits per heavy atom. The molecular weight excluding hydrogens is 437 g/mol. The van der Waals surface area contributed by atoms with Crippen molar-refractivity contribution in [3.05, 3.63) is 75.1 Å². The molecule has 0 radical (unpaired) electrons. The van der Waals surface area contributed by atoms with Crippen molar-refractivity contribution in [2.75, 3.05) is 5.32 Å². The molecule has 0 spiro atoms. The summed E-state index contributed by atoms with van der Waals surface area (Å²) in [6.45, 7) is 1.97. The third kappa shape index (κ3) is 3.92. The van der Waals surface area contributed by atoms with Gasteiger partial charge in [-0.15, -0.1) is 23.1 Å². The van der Waals surface area contributed by atoms with Gasteiger partial charge >= 0.3 is 0 Å². The normalized spacial score (nSPS) is 13.0. The largest absolute Gasteiger partial charge is 0.339 e. The third-order valence-electron chi connectivity index (χ3n) is 5.25. The van der Waals surface area contributed by atoms with Crippen LogP contribution in [0.2, 0.25) is 5.02 Å². The summed E-state index contributed by atoms with van der Waals surface area (Å²) in [6.07, 6.45) is 3.32. The molecule has 2 aromatic heterocycles. The molecule has 2 aromatic carbocycles. The predicted molar refractivity (Wildman–Crippen MR) is 125 cm³/mol. The fourth-order valence-corrected chi connectivity index (χ4v) is 5.89. The molecule has 0 bridgehead atoms. The van der Waals surface area contributed by atoms with Gasteiger partial charge in [0.1, 0.15) is 22.3 Å². The smallest absolute Gasteiger partial charge is 0.143 e. The molecule has 0 fully saturated rings. The van der Waals surface area contributed by atoms with Gasteiger partial charge in [0, 0.05) is 20.5 Å². The molecule has 5 rings (SSSR count). The molecule has 2 heterocycles. The molecule has 1 N–H and O–H groups in total. The Hall–Kier alpha value is -2.15. The van der Waals surface area contributed by atoms with Gasteiger partial charge in [-0.3, -0.25) is 0 Å². The lowest BCUT2D eigenvalue weighted by Crippen LogP contribution is -2.02. The van der Waals surface area contributed by atoms with Crippen LogP contribution in [0, 0.1) is 12.7 Å². The zero-order valence-corrected chi connectivity index (χ0v) is 18.7. The fourth-order valence-electron chi connectivity index (χ4n) is 3.73. The van der Waals surface area contributed by atoms with E-state index >= 15 is 0 Å². The second kappa shape index (κ2) is 8.17. The summed E-state index contributed by atoms with van der Waals surface area (Å²) < 4.78 is 13.9. The Bertz CT molecular complexity index is 1240.